The van der Waals surface area contributed by atoms with E-state index >= 15 is 0 Å². The van der Waals surface area contributed by atoms with Gasteiger partial charge in [-0.15, -0.1) is 10.2 Å². The van der Waals surface area contributed by atoms with Crippen molar-refractivity contribution in [3.8, 4) is 0 Å². The quantitative estimate of drug-likeness (QED) is 0.695. The highest BCUT2D eigenvalue weighted by atomic mass is 35.5. The molecule has 66 valence electrons. The van der Waals surface area contributed by atoms with Gasteiger partial charge in [-0.3, -0.25) is 0 Å². The summed E-state index contributed by atoms with van der Waals surface area (Å²) < 4.78 is 0. The van der Waals surface area contributed by atoms with Gasteiger partial charge in [0, 0.05) is 15.8 Å². The first-order valence-corrected chi connectivity index (χ1v) is 4.59. The summed E-state index contributed by atoms with van der Waals surface area (Å²) in [5.41, 5.74) is 0. The molecule has 0 aliphatic carbocycles. The molecular formula is C8H3Cl3N2. The van der Waals surface area contributed by atoms with E-state index in [2.05, 4.69) is 10.2 Å². The molecule has 0 atom stereocenters. The van der Waals surface area contributed by atoms with Gasteiger partial charge in [0.2, 0.25) is 0 Å². The van der Waals surface area contributed by atoms with Gasteiger partial charge >= 0.3 is 0 Å². The molecule has 1 aromatic heterocycles. The SMILES string of the molecule is Clc1ccc2c(Cl)nnc(Cl)c2c1. The highest BCUT2D eigenvalue weighted by Crippen LogP contribution is 2.28. The maximum Gasteiger partial charge on any atom is 0.159 e. The third-order valence-electron chi connectivity index (χ3n) is 1.65. The second-order valence-corrected chi connectivity index (χ2v) is 3.62. The molecule has 13 heavy (non-hydrogen) atoms. The Labute approximate surface area is 89.4 Å². The molecule has 0 fully saturated rings. The van der Waals surface area contributed by atoms with Crippen LogP contribution in [0.5, 0.6) is 0 Å². The van der Waals surface area contributed by atoms with Gasteiger partial charge in [-0.1, -0.05) is 34.8 Å². The first kappa shape index (κ1) is 9.00. The predicted octanol–water partition coefficient (Wildman–Crippen LogP) is 3.59. The van der Waals surface area contributed by atoms with E-state index in [1.54, 1.807) is 18.2 Å². The van der Waals surface area contributed by atoms with E-state index in [1.165, 1.54) is 0 Å². The van der Waals surface area contributed by atoms with Crippen molar-refractivity contribution >= 4 is 45.6 Å². The first-order chi connectivity index (χ1) is 6.18. The van der Waals surface area contributed by atoms with Crippen LogP contribution in [-0.2, 0) is 0 Å². The highest BCUT2D eigenvalue weighted by molar-refractivity contribution is 6.39. The summed E-state index contributed by atoms with van der Waals surface area (Å²) in [7, 11) is 0. The van der Waals surface area contributed by atoms with E-state index in [9.17, 15) is 0 Å². The zero-order valence-corrected chi connectivity index (χ0v) is 8.53. The molecule has 2 rings (SSSR count). The van der Waals surface area contributed by atoms with E-state index in [0.717, 1.165) is 5.39 Å². The fourth-order valence-corrected chi connectivity index (χ4v) is 1.63. The monoisotopic (exact) mass is 232 g/mol. The van der Waals surface area contributed by atoms with Crippen LogP contribution in [-0.4, -0.2) is 10.2 Å². The molecule has 0 aliphatic rings. The fourth-order valence-electron chi connectivity index (χ4n) is 1.06. The molecule has 0 saturated heterocycles. The Morgan fingerprint density at radius 2 is 1.46 bits per heavy atom. The standard InChI is InChI=1S/C8H3Cl3N2/c9-4-1-2-5-6(3-4)8(11)13-12-7(5)10/h1-3H. The molecule has 0 bridgehead atoms. The Morgan fingerprint density at radius 1 is 0.846 bits per heavy atom. The van der Waals surface area contributed by atoms with Crippen LogP contribution in [0.4, 0.5) is 0 Å². The van der Waals surface area contributed by atoms with Crippen LogP contribution in [0.1, 0.15) is 0 Å². The Balaban J connectivity index is 2.92. The van der Waals surface area contributed by atoms with Crippen LogP contribution in [0.25, 0.3) is 10.8 Å². The molecule has 0 N–H and O–H groups in total. The van der Waals surface area contributed by atoms with Crippen LogP contribution in [0.15, 0.2) is 18.2 Å². The Morgan fingerprint density at radius 3 is 2.15 bits per heavy atom. The molecule has 5 heteroatoms. The van der Waals surface area contributed by atoms with Crippen LogP contribution in [0, 0.1) is 0 Å². The van der Waals surface area contributed by atoms with Gasteiger partial charge in [0.1, 0.15) is 0 Å². The van der Waals surface area contributed by atoms with Crippen molar-refractivity contribution in [2.24, 2.45) is 0 Å². The van der Waals surface area contributed by atoms with E-state index in [0.29, 0.717) is 20.7 Å². The second kappa shape index (κ2) is 3.29. The zero-order chi connectivity index (χ0) is 9.42. The molecule has 2 aromatic rings. The normalized spacial score (nSPS) is 10.7. The lowest BCUT2D eigenvalue weighted by molar-refractivity contribution is 1.05. The highest BCUT2D eigenvalue weighted by Gasteiger charge is 2.05. The van der Waals surface area contributed by atoms with E-state index < -0.39 is 0 Å². The van der Waals surface area contributed by atoms with Gasteiger partial charge in [0.25, 0.3) is 0 Å². The molecule has 0 radical (unpaired) electrons. The van der Waals surface area contributed by atoms with Crippen molar-refractivity contribution in [3.05, 3.63) is 33.5 Å². The van der Waals surface area contributed by atoms with Gasteiger partial charge in [-0.05, 0) is 18.2 Å². The molecule has 1 aromatic carbocycles. The molecular weight excluding hydrogens is 230 g/mol. The zero-order valence-electron chi connectivity index (χ0n) is 6.26. The lowest BCUT2D eigenvalue weighted by atomic mass is 10.2. The third-order valence-corrected chi connectivity index (χ3v) is 2.45. The Bertz CT molecular complexity index is 470. The molecule has 0 unspecified atom stereocenters. The van der Waals surface area contributed by atoms with Crippen LogP contribution in [0.2, 0.25) is 15.3 Å². The first-order valence-electron chi connectivity index (χ1n) is 3.45. The topological polar surface area (TPSA) is 25.8 Å². The smallest absolute Gasteiger partial charge is 0.136 e. The van der Waals surface area contributed by atoms with Gasteiger partial charge in [0.05, 0.1) is 0 Å². The minimum Gasteiger partial charge on any atom is -0.136 e. The molecule has 0 aliphatic heterocycles. The average molecular weight is 233 g/mol. The summed E-state index contributed by atoms with van der Waals surface area (Å²) in [6, 6.07) is 5.20. The predicted molar refractivity (Wildman–Crippen MR) is 54.6 cm³/mol. The van der Waals surface area contributed by atoms with Crippen molar-refractivity contribution in [2.75, 3.05) is 0 Å². The fraction of sp³-hybridized carbons (Fsp3) is 0. The maximum atomic E-state index is 5.81. The van der Waals surface area contributed by atoms with Crippen molar-refractivity contribution in [2.45, 2.75) is 0 Å². The third kappa shape index (κ3) is 1.57. The summed E-state index contributed by atoms with van der Waals surface area (Å²) in [4.78, 5) is 0. The van der Waals surface area contributed by atoms with E-state index in [1.807, 2.05) is 0 Å². The Hall–Kier alpha value is -0.570. The van der Waals surface area contributed by atoms with Crippen molar-refractivity contribution < 1.29 is 0 Å². The number of nitrogens with zero attached hydrogens (tertiary/aromatic N) is 2. The minimum atomic E-state index is 0.307. The number of fused-ring (bicyclic) bond motifs is 1. The summed E-state index contributed by atoms with van der Waals surface area (Å²) in [6.07, 6.45) is 0. The maximum absolute atomic E-state index is 5.81. The number of aromatic nitrogens is 2. The van der Waals surface area contributed by atoms with Gasteiger partial charge in [0.15, 0.2) is 10.3 Å². The number of benzene rings is 1. The summed E-state index contributed by atoms with van der Waals surface area (Å²) >= 11 is 17.4. The number of halogens is 3. The van der Waals surface area contributed by atoms with Crippen LogP contribution in [0.3, 0.4) is 0 Å². The lowest BCUT2D eigenvalue weighted by Gasteiger charge is -2.00. The van der Waals surface area contributed by atoms with Gasteiger partial charge in [-0.25, -0.2) is 0 Å². The average Bonchev–Trinajstić information content (AvgIpc) is 2.12. The molecule has 2 nitrogen and oxygen atoms in total. The number of hydrogen-bond acceptors (Lipinski definition) is 2. The Kier molecular flexibility index (Phi) is 2.28. The number of rotatable bonds is 0. The van der Waals surface area contributed by atoms with Crippen LogP contribution < -0.4 is 0 Å². The van der Waals surface area contributed by atoms with Crippen molar-refractivity contribution in [3.63, 3.8) is 0 Å². The molecule has 0 amide bonds. The summed E-state index contributed by atoms with van der Waals surface area (Å²) in [5, 5.41) is 10.1. The summed E-state index contributed by atoms with van der Waals surface area (Å²) in [6.45, 7) is 0. The van der Waals surface area contributed by atoms with Crippen molar-refractivity contribution in [1.82, 2.24) is 10.2 Å². The molecule has 1 heterocycles. The molecule has 0 saturated carbocycles. The second-order valence-electron chi connectivity index (χ2n) is 2.47. The molecule has 0 spiro atoms. The van der Waals surface area contributed by atoms with E-state index in [-0.39, 0.29) is 0 Å². The van der Waals surface area contributed by atoms with Gasteiger partial charge < -0.3 is 0 Å². The van der Waals surface area contributed by atoms with Crippen LogP contribution >= 0.6 is 34.8 Å². The largest absolute Gasteiger partial charge is 0.159 e. The van der Waals surface area contributed by atoms with Crippen molar-refractivity contribution in [1.29, 1.82) is 0 Å². The summed E-state index contributed by atoms with van der Waals surface area (Å²) in [5.74, 6) is 0. The van der Waals surface area contributed by atoms with Gasteiger partial charge in [-0.2, -0.15) is 0 Å². The van der Waals surface area contributed by atoms with E-state index in [4.69, 9.17) is 34.8 Å². The lowest BCUT2D eigenvalue weighted by Crippen LogP contribution is -1.86. The number of hydrogen-bond donors (Lipinski definition) is 0. The minimum absolute atomic E-state index is 0.307.